The van der Waals surface area contributed by atoms with Crippen LogP contribution in [0.2, 0.25) is 0 Å². The minimum atomic E-state index is -0.220. The standard InChI is InChI=1S/C17H22FNO/c1-16(2)13-8-9-17(16,3)15(10-13)19-20-11-12-4-6-14(18)7-5-12/h4-7,13H,8-11H2,1-3H3/b19-15-. The lowest BCUT2D eigenvalue weighted by Gasteiger charge is -2.34. The van der Waals surface area contributed by atoms with E-state index < -0.39 is 0 Å². The summed E-state index contributed by atoms with van der Waals surface area (Å²) < 4.78 is 12.8. The first-order valence-electron chi connectivity index (χ1n) is 7.37. The van der Waals surface area contributed by atoms with Gasteiger partial charge in [0.1, 0.15) is 12.4 Å². The average Bonchev–Trinajstić information content (AvgIpc) is 2.74. The summed E-state index contributed by atoms with van der Waals surface area (Å²) in [5.74, 6) is 0.517. The van der Waals surface area contributed by atoms with Crippen LogP contribution >= 0.6 is 0 Å². The zero-order chi connectivity index (χ0) is 14.4. The highest BCUT2D eigenvalue weighted by Gasteiger charge is 2.60. The van der Waals surface area contributed by atoms with E-state index in [0.717, 1.165) is 17.9 Å². The van der Waals surface area contributed by atoms with E-state index in [1.54, 1.807) is 12.1 Å². The summed E-state index contributed by atoms with van der Waals surface area (Å²) in [6.07, 6.45) is 3.58. The molecule has 1 aromatic rings. The second-order valence-electron chi connectivity index (χ2n) is 6.93. The molecule has 3 heteroatoms. The van der Waals surface area contributed by atoms with Crippen LogP contribution in [-0.4, -0.2) is 5.71 Å². The van der Waals surface area contributed by atoms with Gasteiger partial charge in [-0.3, -0.25) is 0 Å². The molecule has 0 spiro atoms. The van der Waals surface area contributed by atoms with Gasteiger partial charge in [-0.25, -0.2) is 4.39 Å². The Morgan fingerprint density at radius 2 is 1.95 bits per heavy atom. The van der Waals surface area contributed by atoms with Crippen LogP contribution in [0.15, 0.2) is 29.4 Å². The fraction of sp³-hybridized carbons (Fsp3) is 0.588. The predicted molar refractivity (Wildman–Crippen MR) is 77.9 cm³/mol. The topological polar surface area (TPSA) is 21.6 Å². The zero-order valence-electron chi connectivity index (χ0n) is 12.4. The number of oxime groups is 1. The highest BCUT2D eigenvalue weighted by molar-refractivity contribution is 5.93. The van der Waals surface area contributed by atoms with E-state index in [4.69, 9.17) is 4.84 Å². The number of halogens is 1. The van der Waals surface area contributed by atoms with Gasteiger partial charge in [0.2, 0.25) is 0 Å². The van der Waals surface area contributed by atoms with Crippen LogP contribution in [0, 0.1) is 22.6 Å². The van der Waals surface area contributed by atoms with Crippen molar-refractivity contribution in [3.8, 4) is 0 Å². The lowest BCUT2D eigenvalue weighted by atomic mass is 9.70. The number of hydrogen-bond donors (Lipinski definition) is 0. The molecule has 0 amide bonds. The molecule has 2 saturated carbocycles. The van der Waals surface area contributed by atoms with Gasteiger partial charge < -0.3 is 4.84 Å². The van der Waals surface area contributed by atoms with Gasteiger partial charge in [0.15, 0.2) is 0 Å². The Bertz CT molecular complexity index is 534. The highest BCUT2D eigenvalue weighted by atomic mass is 19.1. The van der Waals surface area contributed by atoms with E-state index in [1.807, 2.05) is 0 Å². The van der Waals surface area contributed by atoms with Gasteiger partial charge in [-0.1, -0.05) is 38.1 Å². The van der Waals surface area contributed by atoms with Gasteiger partial charge in [0, 0.05) is 5.41 Å². The Morgan fingerprint density at radius 3 is 2.50 bits per heavy atom. The molecule has 2 atom stereocenters. The third-order valence-electron chi connectivity index (χ3n) is 5.83. The summed E-state index contributed by atoms with van der Waals surface area (Å²) in [7, 11) is 0. The first-order valence-corrected chi connectivity index (χ1v) is 7.37. The molecule has 20 heavy (non-hydrogen) atoms. The molecule has 2 nitrogen and oxygen atoms in total. The van der Waals surface area contributed by atoms with E-state index in [1.165, 1.54) is 30.7 Å². The van der Waals surface area contributed by atoms with Crippen LogP contribution in [0.1, 0.15) is 45.6 Å². The predicted octanol–water partition coefficient (Wildman–Crippen LogP) is 4.54. The van der Waals surface area contributed by atoms with Crippen LogP contribution in [-0.2, 0) is 11.4 Å². The molecular formula is C17H22FNO. The SMILES string of the molecule is CC12CCC(C/C1=N/OCc1ccc(F)cc1)C2(C)C. The largest absolute Gasteiger partial charge is 0.391 e. The van der Waals surface area contributed by atoms with Crippen molar-refractivity contribution in [2.24, 2.45) is 21.9 Å². The number of fused-ring (bicyclic) bond motifs is 2. The minimum Gasteiger partial charge on any atom is -0.391 e. The molecular weight excluding hydrogens is 253 g/mol. The zero-order valence-corrected chi connectivity index (χ0v) is 12.4. The number of nitrogens with zero attached hydrogens (tertiary/aromatic N) is 1. The minimum absolute atomic E-state index is 0.181. The third kappa shape index (κ3) is 1.95. The molecule has 0 N–H and O–H groups in total. The van der Waals surface area contributed by atoms with E-state index in [9.17, 15) is 4.39 Å². The van der Waals surface area contributed by atoms with Crippen LogP contribution in [0.5, 0.6) is 0 Å². The second kappa shape index (κ2) is 4.57. The average molecular weight is 275 g/mol. The summed E-state index contributed by atoms with van der Waals surface area (Å²) in [6, 6.07) is 6.38. The van der Waals surface area contributed by atoms with Gasteiger partial charge in [-0.15, -0.1) is 0 Å². The van der Waals surface area contributed by atoms with E-state index >= 15 is 0 Å². The van der Waals surface area contributed by atoms with Gasteiger partial charge in [-0.2, -0.15) is 0 Å². The van der Waals surface area contributed by atoms with Crippen molar-refractivity contribution in [3.63, 3.8) is 0 Å². The maximum Gasteiger partial charge on any atom is 0.142 e. The van der Waals surface area contributed by atoms with E-state index in [2.05, 4.69) is 25.9 Å². The maximum atomic E-state index is 12.8. The Kier molecular flexibility index (Phi) is 3.11. The molecule has 0 aromatic heterocycles. The van der Waals surface area contributed by atoms with Crippen molar-refractivity contribution in [2.45, 2.75) is 46.6 Å². The Morgan fingerprint density at radius 1 is 1.25 bits per heavy atom. The molecule has 1 aromatic carbocycles. The van der Waals surface area contributed by atoms with Crippen LogP contribution in [0.3, 0.4) is 0 Å². The van der Waals surface area contributed by atoms with Crippen molar-refractivity contribution in [1.82, 2.24) is 0 Å². The lowest BCUT2D eigenvalue weighted by Crippen LogP contribution is -2.32. The molecule has 0 saturated heterocycles. The summed E-state index contributed by atoms with van der Waals surface area (Å²) >= 11 is 0. The lowest BCUT2D eigenvalue weighted by molar-refractivity contribution is 0.123. The molecule has 0 aliphatic heterocycles. The Labute approximate surface area is 120 Å². The monoisotopic (exact) mass is 275 g/mol. The Balaban J connectivity index is 1.68. The fourth-order valence-corrected chi connectivity index (χ4v) is 3.83. The summed E-state index contributed by atoms with van der Waals surface area (Å²) in [4.78, 5) is 5.52. The van der Waals surface area contributed by atoms with Gasteiger partial charge in [0.25, 0.3) is 0 Å². The van der Waals surface area contributed by atoms with Gasteiger partial charge in [-0.05, 0) is 48.3 Å². The van der Waals surface area contributed by atoms with E-state index in [0.29, 0.717) is 12.0 Å². The molecule has 2 bridgehead atoms. The van der Waals surface area contributed by atoms with Crippen LogP contribution in [0.4, 0.5) is 4.39 Å². The molecule has 0 radical (unpaired) electrons. The summed E-state index contributed by atoms with van der Waals surface area (Å²) in [6.45, 7) is 7.44. The van der Waals surface area contributed by atoms with Crippen molar-refractivity contribution in [2.75, 3.05) is 0 Å². The van der Waals surface area contributed by atoms with Crippen LogP contribution in [0.25, 0.3) is 0 Å². The van der Waals surface area contributed by atoms with Gasteiger partial charge >= 0.3 is 0 Å². The second-order valence-corrected chi connectivity index (χ2v) is 6.93. The van der Waals surface area contributed by atoms with Crippen molar-refractivity contribution >= 4 is 5.71 Å². The van der Waals surface area contributed by atoms with Crippen LogP contribution < -0.4 is 0 Å². The number of rotatable bonds is 3. The summed E-state index contributed by atoms with van der Waals surface area (Å²) in [5.41, 5.74) is 2.66. The number of hydrogen-bond acceptors (Lipinski definition) is 2. The first kappa shape index (κ1) is 13.6. The molecule has 2 aliphatic carbocycles. The normalized spacial score (nSPS) is 32.8. The molecule has 108 valence electrons. The molecule has 0 heterocycles. The number of benzene rings is 1. The smallest absolute Gasteiger partial charge is 0.142 e. The van der Waals surface area contributed by atoms with Crippen molar-refractivity contribution < 1.29 is 9.23 Å². The van der Waals surface area contributed by atoms with Crippen molar-refractivity contribution in [3.05, 3.63) is 35.6 Å². The highest BCUT2D eigenvalue weighted by Crippen LogP contribution is 2.63. The maximum absolute atomic E-state index is 12.8. The van der Waals surface area contributed by atoms with Crippen molar-refractivity contribution in [1.29, 1.82) is 0 Å². The molecule has 2 aliphatic rings. The Hall–Kier alpha value is -1.38. The molecule has 3 rings (SSSR count). The third-order valence-corrected chi connectivity index (χ3v) is 5.83. The molecule has 2 unspecified atom stereocenters. The quantitative estimate of drug-likeness (QED) is 0.742. The summed E-state index contributed by atoms with van der Waals surface area (Å²) in [5, 5.41) is 4.41. The van der Waals surface area contributed by atoms with E-state index in [-0.39, 0.29) is 11.2 Å². The van der Waals surface area contributed by atoms with Gasteiger partial charge in [0.05, 0.1) is 5.71 Å². The first-order chi connectivity index (χ1) is 9.43. The molecule has 2 fully saturated rings. The fourth-order valence-electron chi connectivity index (χ4n) is 3.83.